The number of thioether (sulfide) groups is 1. The van der Waals surface area contributed by atoms with Gasteiger partial charge in [-0.05, 0) is 31.4 Å². The Morgan fingerprint density at radius 3 is 3.20 bits per heavy atom. The van der Waals surface area contributed by atoms with Gasteiger partial charge in [0.2, 0.25) is 0 Å². The summed E-state index contributed by atoms with van der Waals surface area (Å²) in [5.41, 5.74) is 0. The van der Waals surface area contributed by atoms with Crippen LogP contribution in [0.15, 0.2) is 0 Å². The quantitative estimate of drug-likeness (QED) is 0.533. The molecular weight excluding hydrogens is 144 g/mol. The molecule has 2 saturated heterocycles. The third-order valence-corrected chi connectivity index (χ3v) is 3.68. The van der Waals surface area contributed by atoms with Crippen molar-refractivity contribution in [1.29, 1.82) is 0 Å². The van der Waals surface area contributed by atoms with Gasteiger partial charge >= 0.3 is 0 Å². The van der Waals surface area contributed by atoms with E-state index in [0.717, 1.165) is 11.9 Å². The highest BCUT2D eigenvalue weighted by molar-refractivity contribution is 7.99. The van der Waals surface area contributed by atoms with E-state index in [1.165, 1.54) is 31.4 Å². The fourth-order valence-corrected chi connectivity index (χ4v) is 2.95. The van der Waals surface area contributed by atoms with Crippen LogP contribution in [0.4, 0.5) is 0 Å². The second-order valence-electron chi connectivity index (χ2n) is 3.17. The van der Waals surface area contributed by atoms with Crippen LogP contribution in [0, 0.1) is 0 Å². The molecule has 0 aromatic rings. The molecule has 0 aromatic heterocycles. The highest BCUT2D eigenvalue weighted by atomic mass is 32.2. The molecule has 0 radical (unpaired) electrons. The fraction of sp³-hybridized carbons (Fsp3) is 1.00. The second-order valence-corrected chi connectivity index (χ2v) is 4.58. The molecule has 0 saturated carbocycles. The van der Waals surface area contributed by atoms with Gasteiger partial charge in [-0.1, -0.05) is 0 Å². The van der Waals surface area contributed by atoms with Gasteiger partial charge in [0.25, 0.3) is 0 Å². The maximum atomic E-state index is 5.71. The number of hydrogen-bond donors (Lipinski definition) is 0. The molecule has 1 nitrogen and oxygen atoms in total. The van der Waals surface area contributed by atoms with Crippen LogP contribution in [0.2, 0.25) is 0 Å². The van der Waals surface area contributed by atoms with E-state index in [0.29, 0.717) is 6.10 Å². The van der Waals surface area contributed by atoms with Crippen LogP contribution in [0.3, 0.4) is 0 Å². The Kier molecular flexibility index (Phi) is 2.19. The number of hydrogen-bond acceptors (Lipinski definition) is 2. The van der Waals surface area contributed by atoms with Gasteiger partial charge in [0.05, 0.1) is 12.7 Å². The molecular formula is C8H14OS. The SMILES string of the molecule is C1CC2CCSC(C1)CO2. The Balaban J connectivity index is 2.01. The van der Waals surface area contributed by atoms with Gasteiger partial charge in [0.1, 0.15) is 0 Å². The maximum absolute atomic E-state index is 5.71. The van der Waals surface area contributed by atoms with Crippen molar-refractivity contribution in [3.63, 3.8) is 0 Å². The molecule has 0 aliphatic carbocycles. The minimum absolute atomic E-state index is 0.611. The summed E-state index contributed by atoms with van der Waals surface area (Å²) in [6.07, 6.45) is 6.00. The highest BCUT2D eigenvalue weighted by Gasteiger charge is 2.23. The first kappa shape index (κ1) is 6.99. The molecule has 0 amide bonds. The lowest BCUT2D eigenvalue weighted by Gasteiger charge is -2.12. The first-order valence-corrected chi connectivity index (χ1v) is 5.23. The summed E-state index contributed by atoms with van der Waals surface area (Å²) in [7, 11) is 0. The minimum Gasteiger partial charge on any atom is -0.377 e. The van der Waals surface area contributed by atoms with Crippen LogP contribution < -0.4 is 0 Å². The fourth-order valence-electron chi connectivity index (χ4n) is 1.71. The predicted octanol–water partition coefficient (Wildman–Crippen LogP) is 2.06. The van der Waals surface area contributed by atoms with Gasteiger partial charge in [-0.2, -0.15) is 11.8 Å². The second kappa shape index (κ2) is 3.14. The van der Waals surface area contributed by atoms with Crippen LogP contribution in [0.1, 0.15) is 25.7 Å². The lowest BCUT2D eigenvalue weighted by molar-refractivity contribution is 0.0622. The summed E-state index contributed by atoms with van der Waals surface area (Å²) in [4.78, 5) is 0. The summed E-state index contributed by atoms with van der Waals surface area (Å²) in [5, 5.41) is 0.826. The molecule has 2 atom stereocenters. The van der Waals surface area contributed by atoms with Crippen LogP contribution in [-0.4, -0.2) is 23.7 Å². The lowest BCUT2D eigenvalue weighted by atomic mass is 10.1. The Hall–Kier alpha value is 0.310. The summed E-state index contributed by atoms with van der Waals surface area (Å²) in [5.74, 6) is 1.33. The van der Waals surface area contributed by atoms with Crippen molar-refractivity contribution in [3.05, 3.63) is 0 Å². The standard InChI is InChI=1S/C8H14OS/c1-2-7-4-5-10-8(3-1)6-9-7/h7-8H,1-6H2. The third-order valence-electron chi connectivity index (χ3n) is 2.36. The van der Waals surface area contributed by atoms with Crippen LogP contribution in [-0.2, 0) is 4.74 Å². The zero-order valence-electron chi connectivity index (χ0n) is 6.21. The van der Waals surface area contributed by atoms with E-state index in [2.05, 4.69) is 11.8 Å². The zero-order valence-corrected chi connectivity index (χ0v) is 7.03. The van der Waals surface area contributed by atoms with E-state index in [4.69, 9.17) is 4.74 Å². The third kappa shape index (κ3) is 1.48. The summed E-state index contributed by atoms with van der Waals surface area (Å²) in [6.45, 7) is 1.02. The molecule has 2 aliphatic heterocycles. The molecule has 2 bridgehead atoms. The molecule has 2 heterocycles. The van der Waals surface area contributed by atoms with Gasteiger partial charge in [-0.3, -0.25) is 0 Å². The van der Waals surface area contributed by atoms with Crippen LogP contribution in [0.25, 0.3) is 0 Å². The summed E-state index contributed by atoms with van der Waals surface area (Å²) < 4.78 is 5.71. The number of rotatable bonds is 0. The van der Waals surface area contributed by atoms with E-state index in [-0.39, 0.29) is 0 Å². The average molecular weight is 158 g/mol. The Labute approximate surface area is 66.5 Å². The Bertz CT molecular complexity index is 93.8. The van der Waals surface area contributed by atoms with Crippen molar-refractivity contribution in [1.82, 2.24) is 0 Å². The first-order chi connectivity index (χ1) is 4.95. The molecule has 10 heavy (non-hydrogen) atoms. The van der Waals surface area contributed by atoms with E-state index in [1.807, 2.05) is 0 Å². The van der Waals surface area contributed by atoms with Gasteiger partial charge < -0.3 is 4.74 Å². The molecule has 0 spiro atoms. The largest absolute Gasteiger partial charge is 0.377 e. The van der Waals surface area contributed by atoms with Crippen molar-refractivity contribution < 1.29 is 4.74 Å². The molecule has 58 valence electrons. The summed E-state index contributed by atoms with van der Waals surface area (Å²) in [6, 6.07) is 0. The van der Waals surface area contributed by atoms with E-state index >= 15 is 0 Å². The maximum Gasteiger partial charge on any atom is 0.0588 e. The van der Waals surface area contributed by atoms with Gasteiger partial charge in [0.15, 0.2) is 0 Å². The molecule has 2 aliphatic rings. The molecule has 0 aromatic carbocycles. The Morgan fingerprint density at radius 2 is 2.20 bits per heavy atom. The molecule has 0 N–H and O–H groups in total. The number of ether oxygens (including phenoxy) is 1. The normalized spacial score (nSPS) is 40.8. The minimum atomic E-state index is 0.611. The van der Waals surface area contributed by atoms with Crippen molar-refractivity contribution >= 4 is 11.8 Å². The lowest BCUT2D eigenvalue weighted by Crippen LogP contribution is -2.11. The highest BCUT2D eigenvalue weighted by Crippen LogP contribution is 2.29. The van der Waals surface area contributed by atoms with Crippen molar-refractivity contribution in [2.24, 2.45) is 0 Å². The number of fused-ring (bicyclic) bond motifs is 3. The molecule has 2 unspecified atom stereocenters. The predicted molar refractivity (Wildman–Crippen MR) is 44.5 cm³/mol. The van der Waals surface area contributed by atoms with Crippen LogP contribution >= 0.6 is 11.8 Å². The van der Waals surface area contributed by atoms with Crippen LogP contribution in [0.5, 0.6) is 0 Å². The molecule has 2 fully saturated rings. The summed E-state index contributed by atoms with van der Waals surface area (Å²) >= 11 is 2.11. The van der Waals surface area contributed by atoms with Crippen molar-refractivity contribution in [2.45, 2.75) is 37.0 Å². The van der Waals surface area contributed by atoms with Gasteiger partial charge in [-0.25, -0.2) is 0 Å². The Morgan fingerprint density at radius 1 is 1.20 bits per heavy atom. The smallest absolute Gasteiger partial charge is 0.0588 e. The van der Waals surface area contributed by atoms with E-state index in [1.54, 1.807) is 0 Å². The topological polar surface area (TPSA) is 9.23 Å². The van der Waals surface area contributed by atoms with E-state index in [9.17, 15) is 0 Å². The van der Waals surface area contributed by atoms with E-state index < -0.39 is 0 Å². The first-order valence-electron chi connectivity index (χ1n) is 4.18. The van der Waals surface area contributed by atoms with Gasteiger partial charge in [-0.15, -0.1) is 0 Å². The van der Waals surface area contributed by atoms with Crippen molar-refractivity contribution in [2.75, 3.05) is 12.4 Å². The molecule has 2 rings (SSSR count). The van der Waals surface area contributed by atoms with Gasteiger partial charge in [0, 0.05) is 5.25 Å². The van der Waals surface area contributed by atoms with Crippen molar-refractivity contribution in [3.8, 4) is 0 Å². The molecule has 2 heteroatoms. The zero-order chi connectivity index (χ0) is 6.81. The monoisotopic (exact) mass is 158 g/mol. The average Bonchev–Trinajstić information content (AvgIpc) is 2.17.